The average molecular weight is 809 g/mol. The first kappa shape index (κ1) is 40.5. The van der Waals surface area contributed by atoms with Gasteiger partial charge in [-0.25, -0.2) is 9.97 Å². The molecule has 2 atom stereocenters. The van der Waals surface area contributed by atoms with Gasteiger partial charge in [-0.3, -0.25) is 9.59 Å². The highest BCUT2D eigenvalue weighted by Gasteiger charge is 2.41. The predicted molar refractivity (Wildman–Crippen MR) is 228 cm³/mol. The van der Waals surface area contributed by atoms with Crippen molar-refractivity contribution < 1.29 is 19.1 Å². The lowest BCUT2D eigenvalue weighted by atomic mass is 9.87. The highest BCUT2D eigenvalue weighted by atomic mass is 35.5. The Bertz CT molecular complexity index is 2160. The van der Waals surface area contributed by atoms with Crippen molar-refractivity contribution in [3.63, 3.8) is 0 Å². The van der Waals surface area contributed by atoms with E-state index in [1.165, 1.54) is 0 Å². The number of carbonyl (C=O) groups is 2. The van der Waals surface area contributed by atoms with Crippen molar-refractivity contribution in [2.75, 3.05) is 13.1 Å². The number of H-pyrrole nitrogens is 2. The molecule has 2 saturated carbocycles. The molecule has 8 rings (SSSR count). The number of halogens is 1. The third kappa shape index (κ3) is 8.41. The zero-order valence-corrected chi connectivity index (χ0v) is 36.5. The van der Waals surface area contributed by atoms with Crippen molar-refractivity contribution >= 4 is 23.4 Å². The van der Waals surface area contributed by atoms with Crippen LogP contribution in [0, 0.1) is 22.7 Å². The zero-order chi connectivity index (χ0) is 41.1. The molecule has 11 heteroatoms. The van der Waals surface area contributed by atoms with Crippen LogP contribution in [-0.2, 0) is 35.9 Å². The van der Waals surface area contributed by atoms with Crippen molar-refractivity contribution in [3.05, 3.63) is 57.9 Å². The molecule has 2 amide bonds. The Morgan fingerprint density at radius 2 is 1.17 bits per heavy atom. The number of hydrogen-bond donors (Lipinski definition) is 2. The predicted octanol–water partition coefficient (Wildman–Crippen LogP) is 10.8. The van der Waals surface area contributed by atoms with Crippen molar-refractivity contribution in [2.45, 2.75) is 139 Å². The second kappa shape index (κ2) is 15.7. The van der Waals surface area contributed by atoms with Crippen LogP contribution in [0.1, 0.15) is 141 Å². The molecule has 0 bridgehead atoms. The number of benzene rings is 2. The van der Waals surface area contributed by atoms with Gasteiger partial charge in [0.25, 0.3) is 0 Å². The Labute approximate surface area is 348 Å². The number of carbonyl (C=O) groups excluding carboxylic acids is 2. The number of nitrogens with zero attached hydrogens (tertiary/aromatic N) is 4. The summed E-state index contributed by atoms with van der Waals surface area (Å²) in [6, 6.07) is 8.48. The Morgan fingerprint density at radius 3 is 1.62 bits per heavy atom. The van der Waals surface area contributed by atoms with Crippen LogP contribution in [0.4, 0.5) is 0 Å². The minimum absolute atomic E-state index is 0.167. The Hall–Kier alpha value is -4.31. The van der Waals surface area contributed by atoms with Gasteiger partial charge in [-0.15, -0.1) is 0 Å². The van der Waals surface area contributed by atoms with E-state index in [2.05, 4.69) is 83.6 Å². The summed E-state index contributed by atoms with van der Waals surface area (Å²) in [4.78, 5) is 47.9. The van der Waals surface area contributed by atoms with Crippen LogP contribution in [0.5, 0.6) is 11.5 Å². The molecule has 0 spiro atoms. The molecule has 0 radical (unpaired) electrons. The minimum atomic E-state index is 0.167. The zero-order valence-electron chi connectivity index (χ0n) is 35.7. The molecule has 4 heterocycles. The van der Waals surface area contributed by atoms with Gasteiger partial charge in [0.1, 0.15) is 36.4 Å². The number of nitrogens with one attached hydrogen (secondary N) is 2. The van der Waals surface area contributed by atoms with Crippen LogP contribution in [0.2, 0.25) is 5.15 Å². The number of imidazole rings is 2. The number of aromatic nitrogens is 4. The lowest BCUT2D eigenvalue weighted by molar-refractivity contribution is -0.134. The summed E-state index contributed by atoms with van der Waals surface area (Å²) < 4.78 is 13.1. The van der Waals surface area contributed by atoms with Crippen LogP contribution in [0.15, 0.2) is 24.3 Å². The standard InChI is InChI=1S/C47H61ClN6O4/c1-9-28(5)15-38(55)53(25-46(7)11-12-46)21-36-49-42(27(3)4)43(50-36)30-17-32-23-58-35-20-31(18-33-24-57-34(19-30)40(32)41(33)35)44-45(48)52-37(51-44)22-54(26-47(8)13-14-47)39(56)16-29(6)10-2/h17-20,27-29H,9-16,21-26H2,1-8H3,(H,49,50)(H,51,52)/t28-,29-/m0/s1. The highest BCUT2D eigenvalue weighted by Crippen LogP contribution is 2.52. The summed E-state index contributed by atoms with van der Waals surface area (Å²) in [5.74, 6) is 4.32. The molecule has 0 saturated heterocycles. The number of amides is 2. The van der Waals surface area contributed by atoms with E-state index in [1.54, 1.807) is 0 Å². The Kier molecular flexibility index (Phi) is 11.0. The normalized spacial score (nSPS) is 17.6. The third-order valence-electron chi connectivity index (χ3n) is 13.2. The first-order valence-electron chi connectivity index (χ1n) is 21.6. The second-order valence-corrected chi connectivity index (χ2v) is 19.5. The molecule has 310 valence electrons. The number of hydrogen-bond acceptors (Lipinski definition) is 6. The maximum absolute atomic E-state index is 13.6. The maximum atomic E-state index is 13.6. The van der Waals surface area contributed by atoms with Crippen LogP contribution in [0.25, 0.3) is 33.6 Å². The second-order valence-electron chi connectivity index (χ2n) is 19.1. The minimum Gasteiger partial charge on any atom is -0.488 e. The van der Waals surface area contributed by atoms with Crippen LogP contribution < -0.4 is 9.47 Å². The largest absolute Gasteiger partial charge is 0.488 e. The van der Waals surface area contributed by atoms with E-state index in [9.17, 15) is 9.59 Å². The summed E-state index contributed by atoms with van der Waals surface area (Å²) in [5.41, 5.74) is 9.08. The number of rotatable bonds is 17. The van der Waals surface area contributed by atoms with E-state index in [-0.39, 0.29) is 28.6 Å². The van der Waals surface area contributed by atoms with Crippen LogP contribution >= 0.6 is 11.6 Å². The summed E-state index contributed by atoms with van der Waals surface area (Å²) >= 11 is 6.83. The molecule has 4 aliphatic rings. The van der Waals surface area contributed by atoms with Gasteiger partial charge in [-0.2, -0.15) is 0 Å². The van der Waals surface area contributed by atoms with E-state index in [0.717, 1.165) is 114 Å². The highest BCUT2D eigenvalue weighted by molar-refractivity contribution is 6.32. The van der Waals surface area contributed by atoms with Crippen LogP contribution in [-0.4, -0.2) is 54.6 Å². The SMILES string of the molecule is CC[C@H](C)CC(=O)N(Cc1nc(Cl)c(-c2cc3c4c(c2)OCc2cc(-c5[nH]c(CN(CC6(C)CC6)C(=O)C[C@@H](C)CC)nc5C(C)C)cc(c2-4)OC3)[nH]1)CC1(C)CC1. The molecule has 2 aliphatic heterocycles. The van der Waals surface area contributed by atoms with Crippen molar-refractivity contribution in [1.82, 2.24) is 29.7 Å². The van der Waals surface area contributed by atoms with Crippen molar-refractivity contribution in [3.8, 4) is 45.1 Å². The molecule has 2 aromatic heterocycles. The van der Waals surface area contributed by atoms with E-state index in [0.29, 0.717) is 67.7 Å². The van der Waals surface area contributed by atoms with E-state index >= 15 is 0 Å². The molecule has 2 aromatic carbocycles. The summed E-state index contributed by atoms with van der Waals surface area (Å²) in [7, 11) is 0. The molecular formula is C47H61ClN6O4. The monoisotopic (exact) mass is 808 g/mol. The van der Waals surface area contributed by atoms with Crippen molar-refractivity contribution in [2.24, 2.45) is 22.7 Å². The maximum Gasteiger partial charge on any atom is 0.223 e. The van der Waals surface area contributed by atoms with Gasteiger partial charge in [-0.05, 0) is 78.5 Å². The molecule has 58 heavy (non-hydrogen) atoms. The molecule has 4 aromatic rings. The summed E-state index contributed by atoms with van der Waals surface area (Å²) in [6.45, 7) is 20.5. The fourth-order valence-electron chi connectivity index (χ4n) is 8.42. The van der Waals surface area contributed by atoms with Crippen molar-refractivity contribution in [1.29, 1.82) is 0 Å². The molecule has 10 nitrogen and oxygen atoms in total. The summed E-state index contributed by atoms with van der Waals surface area (Å²) in [5, 5.41) is 0.372. The van der Waals surface area contributed by atoms with Crippen LogP contribution in [0.3, 0.4) is 0 Å². The van der Waals surface area contributed by atoms with E-state index in [4.69, 9.17) is 31.0 Å². The van der Waals surface area contributed by atoms with E-state index < -0.39 is 0 Å². The molecular weight excluding hydrogens is 748 g/mol. The molecule has 2 aliphatic carbocycles. The number of aromatic amines is 2. The Balaban J connectivity index is 1.06. The smallest absolute Gasteiger partial charge is 0.223 e. The van der Waals surface area contributed by atoms with Gasteiger partial charge >= 0.3 is 0 Å². The molecule has 0 unspecified atom stereocenters. The molecule has 2 fully saturated rings. The van der Waals surface area contributed by atoms with Gasteiger partial charge in [-0.1, -0.05) is 79.8 Å². The van der Waals surface area contributed by atoms with Gasteiger partial charge in [0, 0.05) is 59.3 Å². The Morgan fingerprint density at radius 1 is 0.724 bits per heavy atom. The lowest BCUT2D eigenvalue weighted by Gasteiger charge is -2.30. The average Bonchev–Trinajstić information content (AvgIpc) is 4.01. The van der Waals surface area contributed by atoms with Gasteiger partial charge in [0.2, 0.25) is 11.8 Å². The third-order valence-corrected chi connectivity index (χ3v) is 13.5. The summed E-state index contributed by atoms with van der Waals surface area (Å²) in [6.07, 6.45) is 7.64. The topological polar surface area (TPSA) is 116 Å². The molecule has 2 N–H and O–H groups in total. The fraction of sp³-hybridized carbons (Fsp3) is 0.574. The van der Waals surface area contributed by atoms with E-state index in [1.807, 2.05) is 15.9 Å². The lowest BCUT2D eigenvalue weighted by Crippen LogP contribution is -2.36. The first-order chi connectivity index (χ1) is 27.6. The fourth-order valence-corrected chi connectivity index (χ4v) is 8.68. The van der Waals surface area contributed by atoms with Gasteiger partial charge in [0.05, 0.1) is 30.2 Å². The quantitative estimate of drug-likeness (QED) is 0.110. The van der Waals surface area contributed by atoms with Gasteiger partial charge < -0.3 is 29.2 Å². The number of ether oxygens (including phenoxy) is 2. The van der Waals surface area contributed by atoms with Gasteiger partial charge in [0.15, 0.2) is 5.15 Å². The first-order valence-corrected chi connectivity index (χ1v) is 22.0.